The minimum Gasteiger partial charge on any atom is -0.390 e. The molecule has 14 heavy (non-hydrogen) atoms. The van der Waals surface area contributed by atoms with Gasteiger partial charge in [0.1, 0.15) is 0 Å². The maximum atomic E-state index is 13.0. The minimum atomic E-state index is -2.90. The zero-order valence-electron chi connectivity index (χ0n) is 7.56. The van der Waals surface area contributed by atoms with Gasteiger partial charge in [-0.1, -0.05) is 18.3 Å². The molecule has 1 atom stereocenters. The Kier molecular flexibility index (Phi) is 3.27. The number of allylic oxidation sites excluding steroid dienone is 3. The largest absolute Gasteiger partial charge is 0.390 e. The van der Waals surface area contributed by atoms with Gasteiger partial charge in [-0.25, -0.2) is 8.78 Å². The van der Waals surface area contributed by atoms with Gasteiger partial charge in [-0.05, 0) is 18.1 Å². The molecule has 1 aliphatic carbocycles. The third-order valence-corrected chi connectivity index (χ3v) is 2.47. The Morgan fingerprint density at radius 2 is 2.29 bits per heavy atom. The Morgan fingerprint density at radius 3 is 2.71 bits per heavy atom. The van der Waals surface area contributed by atoms with Crippen LogP contribution >= 0.6 is 23.8 Å². The summed E-state index contributed by atoms with van der Waals surface area (Å²) in [6.07, 6.45) is 3.07. The zero-order chi connectivity index (χ0) is 10.9. The highest BCUT2D eigenvalue weighted by Gasteiger charge is 2.29. The Hall–Kier alpha value is -0.480. The van der Waals surface area contributed by atoms with E-state index in [2.05, 4.69) is 0 Å². The lowest BCUT2D eigenvalue weighted by molar-refractivity contribution is 0.0668. The molecule has 0 radical (unpaired) electrons. The van der Waals surface area contributed by atoms with E-state index >= 15 is 0 Å². The fraction of sp³-hybridized carbons (Fsp3) is 0.444. The fourth-order valence-corrected chi connectivity index (χ4v) is 1.65. The predicted octanol–water partition coefficient (Wildman–Crippen LogP) is 2.79. The van der Waals surface area contributed by atoms with Gasteiger partial charge in [-0.3, -0.25) is 0 Å². The van der Waals surface area contributed by atoms with Crippen LogP contribution in [0.4, 0.5) is 8.78 Å². The summed E-state index contributed by atoms with van der Waals surface area (Å²) < 4.78 is 25.9. The fourth-order valence-electron chi connectivity index (χ4n) is 1.20. The minimum absolute atomic E-state index is 0.119. The first-order chi connectivity index (χ1) is 6.30. The molecule has 1 rings (SSSR count). The van der Waals surface area contributed by atoms with E-state index in [-0.39, 0.29) is 10.6 Å². The van der Waals surface area contributed by atoms with E-state index < -0.39 is 11.3 Å². The summed E-state index contributed by atoms with van der Waals surface area (Å²) in [6.45, 7) is 0.821. The van der Waals surface area contributed by atoms with Crippen LogP contribution in [0, 0.1) is 0 Å². The van der Waals surface area contributed by atoms with Crippen LogP contribution in [-0.2, 0) is 0 Å². The van der Waals surface area contributed by atoms with Gasteiger partial charge < -0.3 is 5.73 Å². The molecule has 0 bridgehead atoms. The highest BCUT2D eigenvalue weighted by molar-refractivity contribution is 7.80. The van der Waals surface area contributed by atoms with Crippen LogP contribution < -0.4 is 5.73 Å². The van der Waals surface area contributed by atoms with E-state index in [1.54, 1.807) is 0 Å². The lowest BCUT2D eigenvalue weighted by Crippen LogP contribution is -2.22. The van der Waals surface area contributed by atoms with E-state index in [1.807, 2.05) is 0 Å². The van der Waals surface area contributed by atoms with E-state index in [4.69, 9.17) is 29.6 Å². The van der Waals surface area contributed by atoms with Crippen molar-refractivity contribution >= 4 is 28.8 Å². The number of thiocarbonyl (C=S) groups is 1. The van der Waals surface area contributed by atoms with E-state index in [0.717, 1.165) is 6.92 Å². The van der Waals surface area contributed by atoms with Crippen molar-refractivity contribution < 1.29 is 8.78 Å². The molecule has 0 saturated carbocycles. The van der Waals surface area contributed by atoms with Crippen molar-refractivity contribution in [2.24, 2.45) is 5.73 Å². The number of nitrogens with two attached hydrogens (primary N) is 1. The second-order valence-electron chi connectivity index (χ2n) is 3.26. The third kappa shape index (κ3) is 2.75. The van der Waals surface area contributed by atoms with E-state index in [9.17, 15) is 8.78 Å². The van der Waals surface area contributed by atoms with E-state index in [1.165, 1.54) is 12.2 Å². The lowest BCUT2D eigenvalue weighted by Gasteiger charge is -2.20. The van der Waals surface area contributed by atoms with Crippen LogP contribution in [0.5, 0.6) is 0 Å². The first-order valence-corrected chi connectivity index (χ1v) is 4.89. The average Bonchev–Trinajstić information content (AvgIpc) is 2.01. The average molecular weight is 238 g/mol. The number of hydrogen-bond donors (Lipinski definition) is 1. The third-order valence-electron chi connectivity index (χ3n) is 1.93. The molecule has 1 aliphatic rings. The van der Waals surface area contributed by atoms with Crippen molar-refractivity contribution in [3.05, 3.63) is 23.3 Å². The van der Waals surface area contributed by atoms with Crippen molar-refractivity contribution in [1.29, 1.82) is 0 Å². The van der Waals surface area contributed by atoms with Crippen molar-refractivity contribution in [1.82, 2.24) is 0 Å². The molecule has 0 fully saturated rings. The molecule has 0 spiro atoms. The van der Waals surface area contributed by atoms with Crippen molar-refractivity contribution in [2.75, 3.05) is 0 Å². The van der Waals surface area contributed by atoms with E-state index in [0.29, 0.717) is 12.0 Å². The molecule has 1 nitrogen and oxygen atoms in total. The van der Waals surface area contributed by atoms with Gasteiger partial charge in [-0.2, -0.15) is 0 Å². The van der Waals surface area contributed by atoms with Crippen LogP contribution in [0.1, 0.15) is 13.3 Å². The molecule has 5 heteroatoms. The van der Waals surface area contributed by atoms with Gasteiger partial charge in [0.15, 0.2) is 0 Å². The SMILES string of the molecule is CC(F)(F)C1=CC(Cl)CC(C(N)=S)=C1. The number of rotatable bonds is 2. The maximum Gasteiger partial charge on any atom is 0.270 e. The first kappa shape index (κ1) is 11.6. The van der Waals surface area contributed by atoms with Gasteiger partial charge in [0.25, 0.3) is 5.92 Å². The predicted molar refractivity (Wildman–Crippen MR) is 57.8 cm³/mol. The highest BCUT2D eigenvalue weighted by Crippen LogP contribution is 2.31. The number of halogens is 3. The van der Waals surface area contributed by atoms with Gasteiger partial charge in [0.05, 0.1) is 10.4 Å². The molecule has 0 amide bonds. The number of hydrogen-bond acceptors (Lipinski definition) is 1. The second-order valence-corrected chi connectivity index (χ2v) is 4.26. The van der Waals surface area contributed by atoms with Crippen LogP contribution in [-0.4, -0.2) is 16.3 Å². The summed E-state index contributed by atoms with van der Waals surface area (Å²) in [4.78, 5) is 0.130. The lowest BCUT2D eigenvalue weighted by atomic mass is 9.96. The summed E-state index contributed by atoms with van der Waals surface area (Å²) in [5.41, 5.74) is 5.76. The van der Waals surface area contributed by atoms with Gasteiger partial charge >= 0.3 is 0 Å². The standard InChI is InChI=1S/C9H10ClF2NS/c1-9(11,12)6-2-5(8(13)14)3-7(10)4-6/h2,4,7H,3H2,1H3,(H2,13,14). The van der Waals surface area contributed by atoms with Crippen LogP contribution in [0.25, 0.3) is 0 Å². The van der Waals surface area contributed by atoms with Crippen molar-refractivity contribution in [3.63, 3.8) is 0 Å². The number of alkyl halides is 3. The Bertz CT molecular complexity index is 317. The van der Waals surface area contributed by atoms with Crippen LogP contribution in [0.15, 0.2) is 23.3 Å². The Labute approximate surface area is 91.6 Å². The molecular formula is C9H10ClF2NS. The molecule has 0 saturated heterocycles. The molecule has 0 aromatic carbocycles. The summed E-state index contributed by atoms with van der Waals surface area (Å²) in [5, 5.41) is -0.461. The molecule has 0 aromatic heterocycles. The van der Waals surface area contributed by atoms with Crippen LogP contribution in [0.2, 0.25) is 0 Å². The van der Waals surface area contributed by atoms with Gasteiger partial charge in [0.2, 0.25) is 0 Å². The van der Waals surface area contributed by atoms with Crippen molar-refractivity contribution in [2.45, 2.75) is 24.6 Å². The summed E-state index contributed by atoms with van der Waals surface area (Å²) in [6, 6.07) is 0. The zero-order valence-corrected chi connectivity index (χ0v) is 9.13. The second kappa shape index (κ2) is 3.95. The van der Waals surface area contributed by atoms with Crippen molar-refractivity contribution in [3.8, 4) is 0 Å². The van der Waals surface area contributed by atoms with Gasteiger partial charge in [-0.15, -0.1) is 11.6 Å². The van der Waals surface area contributed by atoms with Crippen LogP contribution in [0.3, 0.4) is 0 Å². The molecule has 1 unspecified atom stereocenters. The molecule has 0 aliphatic heterocycles. The molecule has 78 valence electrons. The molecule has 0 heterocycles. The normalized spacial score (nSPS) is 22.7. The topological polar surface area (TPSA) is 26.0 Å². The Balaban J connectivity index is 3.02. The molecule has 2 N–H and O–H groups in total. The summed E-state index contributed by atoms with van der Waals surface area (Å²) in [5.74, 6) is -2.90. The highest BCUT2D eigenvalue weighted by atomic mass is 35.5. The van der Waals surface area contributed by atoms with Gasteiger partial charge in [0, 0.05) is 12.5 Å². The monoisotopic (exact) mass is 237 g/mol. The quantitative estimate of drug-likeness (QED) is 0.590. The first-order valence-electron chi connectivity index (χ1n) is 4.05. The maximum absolute atomic E-state index is 13.0. The Morgan fingerprint density at radius 1 is 1.71 bits per heavy atom. The summed E-state index contributed by atoms with van der Waals surface area (Å²) >= 11 is 10.5. The smallest absolute Gasteiger partial charge is 0.270 e. The summed E-state index contributed by atoms with van der Waals surface area (Å²) in [7, 11) is 0. The molecular weight excluding hydrogens is 228 g/mol. The molecule has 0 aromatic rings.